The first-order chi connectivity index (χ1) is 38.0. The van der Waals surface area contributed by atoms with Crippen molar-refractivity contribution >= 4 is 17.9 Å². The second-order valence-electron chi connectivity index (χ2n) is 21.6. The van der Waals surface area contributed by atoms with Crippen LogP contribution in [0, 0.1) is 0 Å². The first kappa shape index (κ1) is 73.3. The summed E-state index contributed by atoms with van der Waals surface area (Å²) in [5, 5.41) is 0. The molecule has 0 aromatic heterocycles. The quantitative estimate of drug-likeness (QED) is 0.0261. The second kappa shape index (κ2) is 64.9. The Balaban J connectivity index is 4.33. The number of hydrogen-bond acceptors (Lipinski definition) is 6. The lowest BCUT2D eigenvalue weighted by molar-refractivity contribution is -0.167. The molecule has 1 unspecified atom stereocenters. The van der Waals surface area contributed by atoms with E-state index in [1.807, 2.05) is 0 Å². The van der Waals surface area contributed by atoms with Gasteiger partial charge in [-0.15, -0.1) is 0 Å². The fourth-order valence-corrected chi connectivity index (χ4v) is 9.14. The third-order valence-corrected chi connectivity index (χ3v) is 14.0. The highest BCUT2D eigenvalue weighted by atomic mass is 16.6. The SMILES string of the molecule is CC/C=C\C/C=C\C/C=C\C/C=C\C/C=C\CCCCCCCCCCCCCC(=O)OCC(COC(=O)CCCCCCC/C=C\C/C=C\CCCCC)OC(=O)CCCCCCCCC/C=C\CCCCCCCC. The molecule has 6 nitrogen and oxygen atoms in total. The van der Waals surface area contributed by atoms with E-state index in [2.05, 4.69) is 118 Å². The number of allylic oxidation sites excluding steroid dienone is 16. The zero-order chi connectivity index (χ0) is 55.7. The van der Waals surface area contributed by atoms with Crippen molar-refractivity contribution in [3.05, 3.63) is 97.2 Å². The number of carbonyl (C=O) groups is 3. The van der Waals surface area contributed by atoms with E-state index in [0.29, 0.717) is 19.3 Å². The van der Waals surface area contributed by atoms with Gasteiger partial charge in [0.2, 0.25) is 0 Å². The van der Waals surface area contributed by atoms with Crippen LogP contribution in [0.25, 0.3) is 0 Å². The Morgan fingerprint density at radius 1 is 0.273 bits per heavy atom. The molecule has 77 heavy (non-hydrogen) atoms. The first-order valence-electron chi connectivity index (χ1n) is 32.7. The Kier molecular flexibility index (Phi) is 61.8. The maximum absolute atomic E-state index is 12.9. The van der Waals surface area contributed by atoms with Gasteiger partial charge in [0.25, 0.3) is 0 Å². The maximum atomic E-state index is 12.9. The summed E-state index contributed by atoms with van der Waals surface area (Å²) < 4.78 is 16.9. The van der Waals surface area contributed by atoms with Crippen molar-refractivity contribution in [2.24, 2.45) is 0 Å². The van der Waals surface area contributed by atoms with Crippen LogP contribution in [0.4, 0.5) is 0 Å². The van der Waals surface area contributed by atoms with Gasteiger partial charge in [-0.25, -0.2) is 0 Å². The van der Waals surface area contributed by atoms with Crippen molar-refractivity contribution in [2.75, 3.05) is 13.2 Å². The topological polar surface area (TPSA) is 78.9 Å². The van der Waals surface area contributed by atoms with Gasteiger partial charge in [-0.2, -0.15) is 0 Å². The Hall–Kier alpha value is -3.67. The van der Waals surface area contributed by atoms with Crippen LogP contribution in [0.5, 0.6) is 0 Å². The van der Waals surface area contributed by atoms with Crippen LogP contribution in [0.2, 0.25) is 0 Å². The Bertz CT molecular complexity index is 1510. The first-order valence-corrected chi connectivity index (χ1v) is 32.7. The zero-order valence-corrected chi connectivity index (χ0v) is 50.7. The number of carbonyl (C=O) groups excluding carboxylic acids is 3. The van der Waals surface area contributed by atoms with E-state index in [-0.39, 0.29) is 31.1 Å². The van der Waals surface area contributed by atoms with Crippen molar-refractivity contribution in [1.29, 1.82) is 0 Å². The Morgan fingerprint density at radius 3 is 0.831 bits per heavy atom. The normalized spacial score (nSPS) is 12.7. The van der Waals surface area contributed by atoms with Gasteiger partial charge in [0.1, 0.15) is 13.2 Å². The van der Waals surface area contributed by atoms with Gasteiger partial charge < -0.3 is 14.2 Å². The molecule has 0 aromatic rings. The van der Waals surface area contributed by atoms with E-state index in [9.17, 15) is 14.4 Å². The Labute approximate surface area is 477 Å². The summed E-state index contributed by atoms with van der Waals surface area (Å²) in [7, 11) is 0. The lowest BCUT2D eigenvalue weighted by Crippen LogP contribution is -2.30. The van der Waals surface area contributed by atoms with Crippen LogP contribution in [0.15, 0.2) is 97.2 Å². The van der Waals surface area contributed by atoms with Gasteiger partial charge in [0, 0.05) is 19.3 Å². The fraction of sp³-hybridized carbons (Fsp3) is 0.732. The molecule has 0 rings (SSSR count). The van der Waals surface area contributed by atoms with Crippen molar-refractivity contribution in [3.63, 3.8) is 0 Å². The van der Waals surface area contributed by atoms with E-state index in [4.69, 9.17) is 14.2 Å². The van der Waals surface area contributed by atoms with Crippen LogP contribution in [-0.4, -0.2) is 37.2 Å². The van der Waals surface area contributed by atoms with Crippen LogP contribution in [0.3, 0.4) is 0 Å². The number of hydrogen-bond donors (Lipinski definition) is 0. The predicted molar refractivity (Wildman–Crippen MR) is 334 cm³/mol. The average Bonchev–Trinajstić information content (AvgIpc) is 3.43. The highest BCUT2D eigenvalue weighted by Crippen LogP contribution is 2.16. The van der Waals surface area contributed by atoms with Gasteiger partial charge in [-0.05, 0) is 122 Å². The molecule has 0 aliphatic carbocycles. The summed E-state index contributed by atoms with van der Waals surface area (Å²) in [5.74, 6) is -0.894. The monoisotopic (exact) mass is 1070 g/mol. The van der Waals surface area contributed by atoms with E-state index in [1.165, 1.54) is 167 Å². The minimum Gasteiger partial charge on any atom is -0.462 e. The molecule has 0 aliphatic heterocycles. The standard InChI is InChI=1S/C71H122O6/c1-4-7-10-13-16-19-22-25-28-30-31-32-33-34-35-36-37-38-39-41-43-46-49-52-55-58-61-64-70(73)76-67-68(66-75-69(72)63-60-57-54-51-48-45-42-27-24-21-18-15-12-9-6-3)77-71(74)65-62-59-56-53-50-47-44-40-29-26-23-20-17-14-11-8-5-2/h7,10,16,18-19,21,25-29,31-32,34-35,42,68H,4-6,8-9,11-15,17,20,22-24,30,33,36-41,43-67H2,1-3H3/b10-7-,19-16-,21-18-,28-25-,29-26-,32-31-,35-34-,42-27-. The molecule has 0 amide bonds. The molecule has 0 saturated heterocycles. The highest BCUT2D eigenvalue weighted by molar-refractivity contribution is 5.71. The molecule has 0 spiro atoms. The fourth-order valence-electron chi connectivity index (χ4n) is 9.14. The summed E-state index contributed by atoms with van der Waals surface area (Å²) in [4.78, 5) is 38.3. The molecule has 6 heteroatoms. The molecule has 0 heterocycles. The van der Waals surface area contributed by atoms with Gasteiger partial charge >= 0.3 is 17.9 Å². The van der Waals surface area contributed by atoms with Crippen molar-refractivity contribution in [3.8, 4) is 0 Å². The zero-order valence-electron chi connectivity index (χ0n) is 50.7. The molecular formula is C71H122O6. The molecular weight excluding hydrogens is 949 g/mol. The molecule has 0 saturated carbocycles. The van der Waals surface area contributed by atoms with Crippen molar-refractivity contribution in [2.45, 2.75) is 322 Å². The highest BCUT2D eigenvalue weighted by Gasteiger charge is 2.19. The molecule has 442 valence electrons. The summed E-state index contributed by atoms with van der Waals surface area (Å²) >= 11 is 0. The summed E-state index contributed by atoms with van der Waals surface area (Å²) in [6.07, 6.45) is 86.9. The third-order valence-electron chi connectivity index (χ3n) is 14.0. The van der Waals surface area contributed by atoms with Crippen LogP contribution < -0.4 is 0 Å². The van der Waals surface area contributed by atoms with Gasteiger partial charge in [-0.3, -0.25) is 14.4 Å². The predicted octanol–water partition coefficient (Wildman–Crippen LogP) is 22.4. The van der Waals surface area contributed by atoms with Gasteiger partial charge in [0.05, 0.1) is 0 Å². The number of esters is 3. The summed E-state index contributed by atoms with van der Waals surface area (Å²) in [6.45, 7) is 6.51. The number of rotatable bonds is 59. The van der Waals surface area contributed by atoms with E-state index < -0.39 is 6.10 Å². The largest absolute Gasteiger partial charge is 0.462 e. The van der Waals surface area contributed by atoms with Gasteiger partial charge in [-0.1, -0.05) is 272 Å². The average molecular weight is 1070 g/mol. The molecule has 0 aliphatic rings. The van der Waals surface area contributed by atoms with Gasteiger partial charge in [0.15, 0.2) is 6.10 Å². The minimum absolute atomic E-state index is 0.0842. The van der Waals surface area contributed by atoms with E-state index in [1.54, 1.807) is 0 Å². The van der Waals surface area contributed by atoms with Crippen LogP contribution in [0.1, 0.15) is 316 Å². The Morgan fingerprint density at radius 2 is 0.506 bits per heavy atom. The van der Waals surface area contributed by atoms with Crippen LogP contribution in [-0.2, 0) is 28.6 Å². The molecule has 1 atom stereocenters. The van der Waals surface area contributed by atoms with Crippen LogP contribution >= 0.6 is 0 Å². The molecule has 0 aromatic carbocycles. The number of ether oxygens (including phenoxy) is 3. The summed E-state index contributed by atoms with van der Waals surface area (Å²) in [5.41, 5.74) is 0. The van der Waals surface area contributed by atoms with E-state index in [0.717, 1.165) is 109 Å². The van der Waals surface area contributed by atoms with Crippen molar-refractivity contribution in [1.82, 2.24) is 0 Å². The number of unbranched alkanes of at least 4 members (excludes halogenated alkanes) is 32. The van der Waals surface area contributed by atoms with E-state index >= 15 is 0 Å². The lowest BCUT2D eigenvalue weighted by atomic mass is 10.0. The second-order valence-corrected chi connectivity index (χ2v) is 21.6. The lowest BCUT2D eigenvalue weighted by Gasteiger charge is -2.18. The molecule has 0 fully saturated rings. The minimum atomic E-state index is -0.788. The van der Waals surface area contributed by atoms with Crippen molar-refractivity contribution < 1.29 is 28.6 Å². The maximum Gasteiger partial charge on any atom is 0.306 e. The molecule has 0 bridgehead atoms. The third kappa shape index (κ3) is 63.0. The molecule has 0 N–H and O–H groups in total. The smallest absolute Gasteiger partial charge is 0.306 e. The summed E-state index contributed by atoms with van der Waals surface area (Å²) in [6, 6.07) is 0. The molecule has 0 radical (unpaired) electrons.